The smallest absolute Gasteiger partial charge is 0.341 e. The molecule has 2 heterocycles. The van der Waals surface area contributed by atoms with Gasteiger partial charge in [-0.25, -0.2) is 4.79 Å². The lowest BCUT2D eigenvalue weighted by molar-refractivity contribution is -0.131. The van der Waals surface area contributed by atoms with Gasteiger partial charge in [0.25, 0.3) is 0 Å². The van der Waals surface area contributed by atoms with Crippen LogP contribution in [0.1, 0.15) is 5.56 Å². The van der Waals surface area contributed by atoms with Crippen molar-refractivity contribution in [2.75, 3.05) is 0 Å². The van der Waals surface area contributed by atoms with Gasteiger partial charge in [-0.05, 0) is 44.8 Å². The highest BCUT2D eigenvalue weighted by Gasteiger charge is 2.07. The molecule has 2 rings (SSSR count). The van der Waals surface area contributed by atoms with Crippen LogP contribution in [0.4, 0.5) is 0 Å². The highest BCUT2D eigenvalue weighted by atomic mass is 32.1. The summed E-state index contributed by atoms with van der Waals surface area (Å²) in [6, 6.07) is 2.02. The lowest BCUT2D eigenvalue weighted by Gasteiger charge is -1.97. The molecule has 0 saturated heterocycles. The number of hydrogen-bond donors (Lipinski definition) is 2. The van der Waals surface area contributed by atoms with Crippen LogP contribution in [0.5, 0.6) is 0 Å². The van der Waals surface area contributed by atoms with E-state index in [4.69, 9.17) is 5.11 Å². The molecule has 2 nitrogen and oxygen atoms in total. The Hall–Kier alpha value is -1.04. The summed E-state index contributed by atoms with van der Waals surface area (Å²) in [4.78, 5) is 10.7. The van der Waals surface area contributed by atoms with Gasteiger partial charge in [0.1, 0.15) is 0 Å². The van der Waals surface area contributed by atoms with Crippen molar-refractivity contribution in [2.24, 2.45) is 0 Å². The van der Waals surface area contributed by atoms with Gasteiger partial charge in [0.2, 0.25) is 0 Å². The lowest BCUT2D eigenvalue weighted by atomic mass is 10.1. The molecular formula is C11H8O2S3. The Kier molecular flexibility index (Phi) is 3.48. The molecule has 0 aliphatic heterocycles. The van der Waals surface area contributed by atoms with E-state index in [1.165, 1.54) is 0 Å². The van der Waals surface area contributed by atoms with Crippen molar-refractivity contribution < 1.29 is 9.90 Å². The monoisotopic (exact) mass is 268 g/mol. The predicted molar refractivity (Wildman–Crippen MR) is 72.2 cm³/mol. The molecule has 1 N–H and O–H groups in total. The van der Waals surface area contributed by atoms with Crippen molar-refractivity contribution in [2.45, 2.75) is 0 Å². The van der Waals surface area contributed by atoms with Crippen molar-refractivity contribution in [1.29, 1.82) is 0 Å². The van der Waals surface area contributed by atoms with Crippen molar-refractivity contribution in [3.8, 4) is 11.1 Å². The third-order valence-corrected chi connectivity index (χ3v) is 3.80. The highest BCUT2D eigenvalue weighted by molar-refractivity contribution is 7.85. The second-order valence-electron chi connectivity index (χ2n) is 3.09. The van der Waals surface area contributed by atoms with Gasteiger partial charge in [-0.3, -0.25) is 0 Å². The molecule has 0 atom stereocenters. The zero-order valence-electron chi connectivity index (χ0n) is 8.08. The quantitative estimate of drug-likeness (QED) is 0.655. The average Bonchev–Trinajstić information content (AvgIpc) is 2.85. The normalized spacial score (nSPS) is 11.7. The fourth-order valence-electron chi connectivity index (χ4n) is 1.28. The van der Waals surface area contributed by atoms with Gasteiger partial charge in [-0.2, -0.15) is 22.7 Å². The summed E-state index contributed by atoms with van der Waals surface area (Å²) in [5.74, 6) is -1.01. The standard InChI is InChI=1S/C11H8O2S3/c12-11(13)10(14)3-8-5-16-6-9(8)7-1-2-15-4-7/h1-6,14H,(H,12,13)/b10-3-. The molecule has 0 amide bonds. The average molecular weight is 268 g/mol. The van der Waals surface area contributed by atoms with Crippen LogP contribution < -0.4 is 0 Å². The minimum absolute atomic E-state index is 0.0508. The summed E-state index contributed by atoms with van der Waals surface area (Å²) in [5, 5.41) is 16.7. The Morgan fingerprint density at radius 3 is 2.75 bits per heavy atom. The molecular weight excluding hydrogens is 260 g/mol. The van der Waals surface area contributed by atoms with Gasteiger partial charge in [-0.1, -0.05) is 0 Å². The Morgan fingerprint density at radius 1 is 1.31 bits per heavy atom. The van der Waals surface area contributed by atoms with Gasteiger partial charge in [0, 0.05) is 5.56 Å². The fraction of sp³-hybridized carbons (Fsp3) is 0. The van der Waals surface area contributed by atoms with Crippen LogP contribution in [0, 0.1) is 0 Å². The third-order valence-electron chi connectivity index (χ3n) is 2.04. The van der Waals surface area contributed by atoms with Gasteiger partial charge in [0.05, 0.1) is 4.91 Å². The lowest BCUT2D eigenvalue weighted by Crippen LogP contribution is -1.93. The third kappa shape index (κ3) is 2.37. The first kappa shape index (κ1) is 11.4. The van der Waals surface area contributed by atoms with Gasteiger partial charge in [-0.15, -0.1) is 12.6 Å². The molecule has 2 aromatic rings. The summed E-state index contributed by atoms with van der Waals surface area (Å²) in [5.41, 5.74) is 3.07. The molecule has 0 aromatic carbocycles. The number of hydrogen-bond acceptors (Lipinski definition) is 4. The molecule has 0 radical (unpaired) electrons. The number of aliphatic carboxylic acids is 1. The first-order valence-corrected chi connectivity index (χ1v) is 6.74. The summed E-state index contributed by atoms with van der Waals surface area (Å²) < 4.78 is 0. The highest BCUT2D eigenvalue weighted by Crippen LogP contribution is 2.30. The minimum Gasteiger partial charge on any atom is -0.477 e. The Balaban J connectivity index is 2.41. The number of rotatable bonds is 3. The van der Waals surface area contributed by atoms with Crippen LogP contribution in [-0.4, -0.2) is 11.1 Å². The number of thiophene rings is 2. The minimum atomic E-state index is -1.01. The molecule has 0 spiro atoms. The topological polar surface area (TPSA) is 37.3 Å². The molecule has 0 bridgehead atoms. The van der Waals surface area contributed by atoms with Crippen molar-refractivity contribution in [3.63, 3.8) is 0 Å². The number of carboxylic acid groups (broad SMARTS) is 1. The van der Waals surface area contributed by atoms with Crippen LogP contribution in [-0.2, 0) is 4.79 Å². The molecule has 0 fully saturated rings. The molecule has 0 aliphatic carbocycles. The van der Waals surface area contributed by atoms with Crippen molar-refractivity contribution in [3.05, 3.63) is 38.1 Å². The molecule has 2 aromatic heterocycles. The van der Waals surface area contributed by atoms with Gasteiger partial charge < -0.3 is 5.11 Å². The number of carbonyl (C=O) groups is 1. The van der Waals surface area contributed by atoms with E-state index in [1.807, 2.05) is 27.6 Å². The van der Waals surface area contributed by atoms with E-state index in [9.17, 15) is 4.79 Å². The second-order valence-corrected chi connectivity index (χ2v) is 5.09. The van der Waals surface area contributed by atoms with Crippen molar-refractivity contribution >= 4 is 47.3 Å². The SMILES string of the molecule is O=C(O)/C(S)=C/c1cscc1-c1ccsc1. The van der Waals surface area contributed by atoms with E-state index in [2.05, 4.69) is 12.6 Å². The number of thiol groups is 1. The molecule has 82 valence electrons. The van der Waals surface area contributed by atoms with E-state index in [0.717, 1.165) is 16.7 Å². The summed E-state index contributed by atoms with van der Waals surface area (Å²) in [6.07, 6.45) is 1.58. The van der Waals surface area contributed by atoms with E-state index >= 15 is 0 Å². The van der Waals surface area contributed by atoms with Crippen LogP contribution in [0.15, 0.2) is 32.5 Å². The van der Waals surface area contributed by atoms with Crippen LogP contribution in [0.25, 0.3) is 17.2 Å². The maximum Gasteiger partial charge on any atom is 0.341 e. The first-order valence-electron chi connectivity index (χ1n) is 4.41. The van der Waals surface area contributed by atoms with Crippen LogP contribution in [0.3, 0.4) is 0 Å². The second kappa shape index (κ2) is 4.86. The molecule has 0 saturated carbocycles. The Morgan fingerprint density at radius 2 is 2.12 bits per heavy atom. The maximum absolute atomic E-state index is 10.7. The molecule has 0 aliphatic rings. The van der Waals surface area contributed by atoms with E-state index in [-0.39, 0.29) is 4.91 Å². The molecule has 0 unspecified atom stereocenters. The maximum atomic E-state index is 10.7. The van der Waals surface area contributed by atoms with Crippen LogP contribution >= 0.6 is 35.3 Å². The summed E-state index contributed by atoms with van der Waals surface area (Å²) in [6.45, 7) is 0. The van der Waals surface area contributed by atoms with E-state index in [0.29, 0.717) is 0 Å². The molecule has 16 heavy (non-hydrogen) atoms. The predicted octanol–water partition coefficient (Wildman–Crippen LogP) is 3.83. The molecule has 5 heteroatoms. The Labute approximate surface area is 106 Å². The number of carboxylic acids is 1. The fourth-order valence-corrected chi connectivity index (χ4v) is 2.89. The van der Waals surface area contributed by atoms with Crippen molar-refractivity contribution in [1.82, 2.24) is 0 Å². The van der Waals surface area contributed by atoms with Gasteiger partial charge in [0.15, 0.2) is 0 Å². The first-order chi connectivity index (χ1) is 7.68. The van der Waals surface area contributed by atoms with E-state index < -0.39 is 5.97 Å². The van der Waals surface area contributed by atoms with Crippen LogP contribution in [0.2, 0.25) is 0 Å². The zero-order chi connectivity index (χ0) is 11.5. The van der Waals surface area contributed by atoms with E-state index in [1.54, 1.807) is 28.7 Å². The Bertz CT molecular complexity index is 523. The summed E-state index contributed by atoms with van der Waals surface area (Å²) in [7, 11) is 0. The summed E-state index contributed by atoms with van der Waals surface area (Å²) >= 11 is 7.10. The zero-order valence-corrected chi connectivity index (χ0v) is 10.6. The van der Waals surface area contributed by atoms with Gasteiger partial charge >= 0.3 is 5.97 Å². The largest absolute Gasteiger partial charge is 0.477 e.